The molecule has 0 fully saturated rings. The highest BCUT2D eigenvalue weighted by atomic mass is 16.5. The molecule has 1 heterocycles. The number of anilines is 3. The smallest absolute Gasteiger partial charge is 0.140 e. The number of hydrogen-bond donors (Lipinski definition) is 0. The van der Waals surface area contributed by atoms with E-state index in [1.165, 1.54) is 82.9 Å². The molecular weight excluding hydrogens is 751 g/mol. The van der Waals surface area contributed by atoms with Crippen LogP contribution in [0.15, 0.2) is 212 Å². The first-order chi connectivity index (χ1) is 30.5. The SMILES string of the molecule is CC1(C)c2ccccc2-c2ccc(N(c3ccccc3)c3ccc(-c4ccc5c(c4)C4(c6ccccc6Oc6c4ccc4ccccc64)c4ccccc4-5)c4ccccc34)cc21. The molecule has 10 aromatic rings. The van der Waals surface area contributed by atoms with Gasteiger partial charge in [-0.15, -0.1) is 0 Å². The molecule has 0 N–H and O–H groups in total. The zero-order chi connectivity index (χ0) is 41.2. The number of para-hydroxylation sites is 2. The molecule has 1 spiro atoms. The molecule has 0 saturated carbocycles. The summed E-state index contributed by atoms with van der Waals surface area (Å²) in [5.41, 5.74) is 18.0. The molecule has 62 heavy (non-hydrogen) atoms. The molecule has 2 nitrogen and oxygen atoms in total. The summed E-state index contributed by atoms with van der Waals surface area (Å²) in [5, 5.41) is 4.71. The number of rotatable bonds is 4. The summed E-state index contributed by atoms with van der Waals surface area (Å²) < 4.78 is 6.94. The van der Waals surface area contributed by atoms with Crippen LogP contribution >= 0.6 is 0 Å². The molecular formula is C60H41NO. The lowest BCUT2D eigenvalue weighted by molar-refractivity contribution is 0.442. The lowest BCUT2D eigenvalue weighted by Crippen LogP contribution is -2.32. The van der Waals surface area contributed by atoms with Gasteiger partial charge in [0.2, 0.25) is 0 Å². The Bertz CT molecular complexity index is 3490. The van der Waals surface area contributed by atoms with Gasteiger partial charge in [-0.05, 0) is 109 Å². The van der Waals surface area contributed by atoms with Crippen LogP contribution in [0.2, 0.25) is 0 Å². The van der Waals surface area contributed by atoms with Crippen molar-refractivity contribution in [2.75, 3.05) is 4.90 Å². The summed E-state index contributed by atoms with van der Waals surface area (Å²) >= 11 is 0. The van der Waals surface area contributed by atoms with E-state index < -0.39 is 5.41 Å². The Hall–Kier alpha value is -7.68. The van der Waals surface area contributed by atoms with Crippen molar-refractivity contribution in [1.82, 2.24) is 0 Å². The third kappa shape index (κ3) is 4.69. The van der Waals surface area contributed by atoms with Crippen molar-refractivity contribution in [3.05, 3.63) is 246 Å². The van der Waals surface area contributed by atoms with Gasteiger partial charge in [-0.1, -0.05) is 184 Å². The van der Waals surface area contributed by atoms with Gasteiger partial charge in [0, 0.05) is 38.7 Å². The Kier molecular flexibility index (Phi) is 7.31. The van der Waals surface area contributed by atoms with Gasteiger partial charge in [0.05, 0.1) is 11.1 Å². The van der Waals surface area contributed by atoms with Crippen LogP contribution < -0.4 is 9.64 Å². The Balaban J connectivity index is 1.02. The largest absolute Gasteiger partial charge is 0.456 e. The summed E-state index contributed by atoms with van der Waals surface area (Å²) in [4.78, 5) is 2.44. The minimum Gasteiger partial charge on any atom is -0.456 e. The van der Waals surface area contributed by atoms with Crippen molar-refractivity contribution in [3.63, 3.8) is 0 Å². The monoisotopic (exact) mass is 791 g/mol. The van der Waals surface area contributed by atoms with E-state index >= 15 is 0 Å². The number of nitrogens with zero attached hydrogens (tertiary/aromatic N) is 1. The van der Waals surface area contributed by atoms with E-state index in [-0.39, 0.29) is 5.41 Å². The maximum absolute atomic E-state index is 6.94. The molecule has 2 aliphatic carbocycles. The molecule has 2 heteroatoms. The maximum Gasteiger partial charge on any atom is 0.140 e. The fourth-order valence-corrected chi connectivity index (χ4v) is 11.4. The minimum atomic E-state index is -0.572. The van der Waals surface area contributed by atoms with E-state index in [0.717, 1.165) is 33.9 Å². The zero-order valence-corrected chi connectivity index (χ0v) is 34.6. The molecule has 1 aliphatic heterocycles. The molecule has 1 unspecified atom stereocenters. The van der Waals surface area contributed by atoms with E-state index in [0.29, 0.717) is 0 Å². The molecule has 1 atom stereocenters. The predicted octanol–water partition coefficient (Wildman–Crippen LogP) is 15.9. The third-order valence-corrected chi connectivity index (χ3v) is 14.1. The van der Waals surface area contributed by atoms with Crippen LogP contribution in [0.3, 0.4) is 0 Å². The first kappa shape index (κ1) is 35.1. The van der Waals surface area contributed by atoms with Gasteiger partial charge in [-0.25, -0.2) is 0 Å². The second-order valence-corrected chi connectivity index (χ2v) is 17.6. The first-order valence-electron chi connectivity index (χ1n) is 21.7. The number of fused-ring (bicyclic) bond motifs is 15. The lowest BCUT2D eigenvalue weighted by Gasteiger charge is -2.40. The quantitative estimate of drug-likeness (QED) is 0.176. The molecule has 10 aromatic carbocycles. The number of ether oxygens (including phenoxy) is 1. The van der Waals surface area contributed by atoms with Crippen molar-refractivity contribution in [2.24, 2.45) is 0 Å². The minimum absolute atomic E-state index is 0.112. The highest BCUT2D eigenvalue weighted by Crippen LogP contribution is 2.63. The summed E-state index contributed by atoms with van der Waals surface area (Å²) in [6.45, 7) is 4.72. The normalized spacial score (nSPS) is 15.9. The maximum atomic E-state index is 6.94. The molecule has 3 aliphatic rings. The fraction of sp³-hybridized carbons (Fsp3) is 0.0667. The molecule has 292 valence electrons. The van der Waals surface area contributed by atoms with Crippen LogP contribution in [-0.4, -0.2) is 0 Å². The van der Waals surface area contributed by atoms with Crippen LogP contribution in [0.5, 0.6) is 11.5 Å². The van der Waals surface area contributed by atoms with E-state index in [1.54, 1.807) is 0 Å². The van der Waals surface area contributed by atoms with Crippen LogP contribution in [0.4, 0.5) is 17.1 Å². The Morgan fingerprint density at radius 3 is 1.82 bits per heavy atom. The van der Waals surface area contributed by atoms with Crippen LogP contribution in [0.1, 0.15) is 47.2 Å². The summed E-state index contributed by atoms with van der Waals surface area (Å²) in [7, 11) is 0. The van der Waals surface area contributed by atoms with E-state index in [2.05, 4.69) is 231 Å². The third-order valence-electron chi connectivity index (χ3n) is 14.1. The number of hydrogen-bond acceptors (Lipinski definition) is 2. The lowest BCUT2D eigenvalue weighted by atomic mass is 9.65. The summed E-state index contributed by atoms with van der Waals surface area (Å²) in [5.74, 6) is 1.84. The molecule has 0 aromatic heterocycles. The average molecular weight is 792 g/mol. The summed E-state index contributed by atoms with van der Waals surface area (Å²) in [6.07, 6.45) is 0. The Morgan fingerprint density at radius 2 is 0.984 bits per heavy atom. The predicted molar refractivity (Wildman–Crippen MR) is 257 cm³/mol. The van der Waals surface area contributed by atoms with Crippen molar-refractivity contribution < 1.29 is 4.74 Å². The van der Waals surface area contributed by atoms with Gasteiger partial charge in [0.1, 0.15) is 11.5 Å². The molecule has 0 saturated heterocycles. The van der Waals surface area contributed by atoms with Gasteiger partial charge in [-0.2, -0.15) is 0 Å². The van der Waals surface area contributed by atoms with Crippen LogP contribution in [0.25, 0.3) is 54.9 Å². The van der Waals surface area contributed by atoms with Gasteiger partial charge >= 0.3 is 0 Å². The second-order valence-electron chi connectivity index (χ2n) is 17.6. The van der Waals surface area contributed by atoms with Crippen molar-refractivity contribution in [1.29, 1.82) is 0 Å². The molecule has 13 rings (SSSR count). The standard InChI is InChI=1S/C60H41NO/c1-59(2)50-24-12-10-21-45(50)47-32-30-41(37-54(47)59)61(40-17-4-3-5-18-40)56-35-33-42(44-20-8-9-23-49(44)56)39-28-31-48-46-22-11-13-25-51(46)60(55(48)36-39)52-26-14-15-27-57(52)62-58-43-19-7-6-16-38(43)29-34-53(58)60/h3-37H,1-2H3. The molecule has 0 amide bonds. The highest BCUT2D eigenvalue weighted by Gasteiger charge is 2.51. The zero-order valence-electron chi connectivity index (χ0n) is 34.6. The Morgan fingerprint density at radius 1 is 0.371 bits per heavy atom. The van der Waals surface area contributed by atoms with Crippen molar-refractivity contribution >= 4 is 38.6 Å². The van der Waals surface area contributed by atoms with Crippen molar-refractivity contribution in [2.45, 2.75) is 24.7 Å². The van der Waals surface area contributed by atoms with Gasteiger partial charge in [-0.3, -0.25) is 0 Å². The summed E-state index contributed by atoms with van der Waals surface area (Å²) in [6, 6.07) is 78.4. The second kappa shape index (κ2) is 12.9. The highest BCUT2D eigenvalue weighted by molar-refractivity contribution is 6.07. The first-order valence-corrected chi connectivity index (χ1v) is 21.7. The topological polar surface area (TPSA) is 12.5 Å². The van der Waals surface area contributed by atoms with Gasteiger partial charge in [0.15, 0.2) is 0 Å². The van der Waals surface area contributed by atoms with Gasteiger partial charge in [0.25, 0.3) is 0 Å². The van der Waals surface area contributed by atoms with Gasteiger partial charge < -0.3 is 9.64 Å². The fourth-order valence-electron chi connectivity index (χ4n) is 11.4. The van der Waals surface area contributed by atoms with Crippen molar-refractivity contribution in [3.8, 4) is 44.9 Å². The van der Waals surface area contributed by atoms with Crippen LogP contribution in [-0.2, 0) is 10.8 Å². The Labute approximate surface area is 362 Å². The average Bonchev–Trinajstić information content (AvgIpc) is 3.74. The molecule has 0 bridgehead atoms. The molecule has 0 radical (unpaired) electrons. The van der Waals surface area contributed by atoms with E-state index in [1.807, 2.05) is 0 Å². The van der Waals surface area contributed by atoms with E-state index in [4.69, 9.17) is 4.74 Å². The van der Waals surface area contributed by atoms with E-state index in [9.17, 15) is 0 Å². The van der Waals surface area contributed by atoms with Crippen LogP contribution in [0, 0.1) is 0 Å². The number of benzene rings is 10.